The molecule has 0 unspecified atom stereocenters. The molecule has 0 spiro atoms. The summed E-state index contributed by atoms with van der Waals surface area (Å²) in [5.74, 6) is 1.38. The van der Waals surface area contributed by atoms with Crippen LogP contribution in [0.3, 0.4) is 0 Å². The minimum Gasteiger partial charge on any atom is -0.493 e. The molecule has 5 rings (SSSR count). The molecule has 0 bridgehead atoms. The van der Waals surface area contributed by atoms with Crippen molar-refractivity contribution in [2.45, 2.75) is 12.6 Å². The number of nitrogens with zero attached hydrogens (tertiary/aromatic N) is 4. The molecular weight excluding hydrogens is 527 g/mol. The highest BCUT2D eigenvalue weighted by molar-refractivity contribution is 6.07. The number of nitrogen functional groups attached to an aromatic ring is 1. The van der Waals surface area contributed by atoms with Gasteiger partial charge in [-0.25, -0.2) is 9.78 Å². The van der Waals surface area contributed by atoms with Gasteiger partial charge in [-0.15, -0.1) is 0 Å². The van der Waals surface area contributed by atoms with Crippen molar-refractivity contribution in [3.05, 3.63) is 42.0 Å². The molecular formula is C28H32F3N5O4. The highest BCUT2D eigenvalue weighted by Crippen LogP contribution is 2.46. The Morgan fingerprint density at radius 1 is 0.950 bits per heavy atom. The van der Waals surface area contributed by atoms with Crippen LogP contribution in [0.5, 0.6) is 11.5 Å². The van der Waals surface area contributed by atoms with Crippen molar-refractivity contribution in [2.75, 3.05) is 77.3 Å². The number of fused-ring (bicyclic) bond motifs is 1. The highest BCUT2D eigenvalue weighted by Gasteiger charge is 2.31. The van der Waals surface area contributed by atoms with Crippen LogP contribution in [0, 0.1) is 0 Å². The number of methoxy groups -OCH3 is 2. The fourth-order valence-corrected chi connectivity index (χ4v) is 5.28. The number of pyridine rings is 1. The maximum atomic E-state index is 13.2. The van der Waals surface area contributed by atoms with Crippen molar-refractivity contribution < 1.29 is 32.2 Å². The van der Waals surface area contributed by atoms with Crippen LogP contribution in [0.2, 0.25) is 0 Å². The first-order valence-electron chi connectivity index (χ1n) is 13.1. The molecule has 9 nitrogen and oxygen atoms in total. The third kappa shape index (κ3) is 5.40. The number of ether oxygens (including phenoxy) is 3. The molecule has 2 fully saturated rings. The lowest BCUT2D eigenvalue weighted by molar-refractivity contribution is -0.137. The Labute approximate surface area is 230 Å². The monoisotopic (exact) mass is 559 g/mol. The molecule has 3 heterocycles. The van der Waals surface area contributed by atoms with Gasteiger partial charge in [-0.05, 0) is 24.1 Å². The summed E-state index contributed by atoms with van der Waals surface area (Å²) in [4.78, 5) is 23.7. The number of benzene rings is 2. The smallest absolute Gasteiger partial charge is 0.416 e. The Morgan fingerprint density at radius 2 is 1.65 bits per heavy atom. The van der Waals surface area contributed by atoms with E-state index in [1.54, 1.807) is 12.1 Å². The second kappa shape index (κ2) is 11.3. The maximum absolute atomic E-state index is 13.2. The lowest BCUT2D eigenvalue weighted by atomic mass is 9.96. The van der Waals surface area contributed by atoms with E-state index in [-0.39, 0.29) is 6.03 Å². The van der Waals surface area contributed by atoms with Gasteiger partial charge < -0.3 is 34.6 Å². The van der Waals surface area contributed by atoms with Crippen LogP contribution in [0.25, 0.3) is 22.0 Å². The van der Waals surface area contributed by atoms with E-state index < -0.39 is 11.7 Å². The molecule has 40 heavy (non-hydrogen) atoms. The number of aromatic nitrogens is 1. The van der Waals surface area contributed by atoms with Crippen molar-refractivity contribution in [3.63, 3.8) is 0 Å². The van der Waals surface area contributed by atoms with Crippen LogP contribution < -0.4 is 20.1 Å². The fourth-order valence-electron chi connectivity index (χ4n) is 5.28. The van der Waals surface area contributed by atoms with Crippen molar-refractivity contribution in [2.24, 2.45) is 0 Å². The normalized spacial score (nSPS) is 16.7. The molecule has 214 valence electrons. The van der Waals surface area contributed by atoms with Crippen LogP contribution in [0.4, 0.5) is 29.5 Å². The molecule has 2 N–H and O–H groups in total. The number of morpholine rings is 1. The van der Waals surface area contributed by atoms with Gasteiger partial charge in [-0.2, -0.15) is 13.2 Å². The summed E-state index contributed by atoms with van der Waals surface area (Å²) in [6, 6.07) is 8.34. The van der Waals surface area contributed by atoms with E-state index in [4.69, 9.17) is 24.9 Å². The number of halogens is 3. The van der Waals surface area contributed by atoms with Gasteiger partial charge in [0, 0.05) is 68.0 Å². The lowest BCUT2D eigenvalue weighted by Gasteiger charge is -2.32. The number of hydrogen-bond acceptors (Lipinski definition) is 7. The summed E-state index contributed by atoms with van der Waals surface area (Å²) >= 11 is 0. The van der Waals surface area contributed by atoms with Crippen molar-refractivity contribution in [1.29, 1.82) is 0 Å². The molecule has 2 aromatic carbocycles. The van der Waals surface area contributed by atoms with Crippen LogP contribution >= 0.6 is 0 Å². The van der Waals surface area contributed by atoms with E-state index in [9.17, 15) is 18.0 Å². The van der Waals surface area contributed by atoms with Crippen molar-refractivity contribution in [3.8, 4) is 22.6 Å². The number of carbonyl (C=O) groups is 1. The van der Waals surface area contributed by atoms with Gasteiger partial charge in [0.05, 0.1) is 38.5 Å². The van der Waals surface area contributed by atoms with Gasteiger partial charge >= 0.3 is 12.2 Å². The predicted molar refractivity (Wildman–Crippen MR) is 146 cm³/mol. The maximum Gasteiger partial charge on any atom is 0.416 e. The molecule has 2 saturated heterocycles. The molecule has 3 aromatic rings. The third-order valence-electron chi connectivity index (χ3n) is 7.33. The molecule has 2 amide bonds. The zero-order chi connectivity index (χ0) is 28.4. The summed E-state index contributed by atoms with van der Waals surface area (Å²) in [5.41, 5.74) is 7.76. The largest absolute Gasteiger partial charge is 0.493 e. The molecule has 2 aliphatic rings. The first-order chi connectivity index (χ1) is 19.2. The number of urea groups is 1. The highest BCUT2D eigenvalue weighted by atomic mass is 19.4. The lowest BCUT2D eigenvalue weighted by Crippen LogP contribution is -2.49. The van der Waals surface area contributed by atoms with Gasteiger partial charge in [-0.1, -0.05) is 12.1 Å². The average molecular weight is 560 g/mol. The number of rotatable bonds is 4. The number of carbonyl (C=O) groups excluding carboxylic acids is 1. The summed E-state index contributed by atoms with van der Waals surface area (Å²) in [6.07, 6.45) is -3.69. The second-order valence-corrected chi connectivity index (χ2v) is 9.74. The average Bonchev–Trinajstić information content (AvgIpc) is 3.22. The topological polar surface area (TPSA) is 93.4 Å². The number of hydrogen-bond donors (Lipinski definition) is 1. The van der Waals surface area contributed by atoms with Gasteiger partial charge in [-0.3, -0.25) is 0 Å². The Hall–Kier alpha value is -3.93. The number of amides is 2. The van der Waals surface area contributed by atoms with Gasteiger partial charge in [0.25, 0.3) is 0 Å². The summed E-state index contributed by atoms with van der Waals surface area (Å²) in [5, 5.41) is 0.556. The predicted octanol–water partition coefficient (Wildman–Crippen LogP) is 4.48. The van der Waals surface area contributed by atoms with Crippen molar-refractivity contribution >= 4 is 28.4 Å². The van der Waals surface area contributed by atoms with E-state index in [1.165, 1.54) is 26.4 Å². The molecule has 0 saturated carbocycles. The van der Waals surface area contributed by atoms with Crippen molar-refractivity contribution in [1.82, 2.24) is 14.8 Å². The van der Waals surface area contributed by atoms with Crippen LogP contribution in [0.1, 0.15) is 12.0 Å². The van der Waals surface area contributed by atoms with E-state index >= 15 is 0 Å². The molecule has 0 aliphatic carbocycles. The van der Waals surface area contributed by atoms with Crippen LogP contribution in [0.15, 0.2) is 36.4 Å². The standard InChI is InChI=1S/C28H32F3N5O4/c1-38-22-17-21-25(24(26(22)39-2)18-4-6-19(7-5-18)28(29,30)31)20(32)16-23(33-21)34-8-3-9-35(11-10-34)27(37)36-12-14-40-15-13-36/h4-7,16-17H,3,8-15H2,1-2H3,(H2,32,33). The Morgan fingerprint density at radius 3 is 2.30 bits per heavy atom. The number of alkyl halides is 3. The molecule has 0 radical (unpaired) electrons. The van der Waals surface area contributed by atoms with E-state index in [1.807, 2.05) is 9.80 Å². The number of nitrogens with two attached hydrogens (primary N) is 1. The summed E-state index contributed by atoms with van der Waals surface area (Å²) in [6.45, 7) is 4.72. The van der Waals surface area contributed by atoms with Crippen LogP contribution in [-0.4, -0.2) is 87.5 Å². The van der Waals surface area contributed by atoms with E-state index in [0.717, 1.165) is 18.6 Å². The first kappa shape index (κ1) is 27.6. The zero-order valence-electron chi connectivity index (χ0n) is 22.5. The molecule has 12 heteroatoms. The SMILES string of the molecule is COc1cc2nc(N3CCCN(C(=O)N4CCOCC4)CC3)cc(N)c2c(-c2ccc(C(F)(F)F)cc2)c1OC. The minimum absolute atomic E-state index is 0.0224. The molecule has 0 atom stereocenters. The minimum atomic E-state index is -4.45. The Kier molecular flexibility index (Phi) is 7.79. The van der Waals surface area contributed by atoms with Crippen LogP contribution in [-0.2, 0) is 10.9 Å². The summed E-state index contributed by atoms with van der Waals surface area (Å²) < 4.78 is 56.2. The van der Waals surface area contributed by atoms with Gasteiger partial charge in [0.2, 0.25) is 0 Å². The Bertz CT molecular complexity index is 1380. The first-order valence-corrected chi connectivity index (χ1v) is 13.1. The second-order valence-electron chi connectivity index (χ2n) is 9.74. The third-order valence-corrected chi connectivity index (χ3v) is 7.33. The zero-order valence-corrected chi connectivity index (χ0v) is 22.5. The molecule has 1 aromatic heterocycles. The molecule has 2 aliphatic heterocycles. The summed E-state index contributed by atoms with van der Waals surface area (Å²) in [7, 11) is 2.96. The number of anilines is 2. The quantitative estimate of drug-likeness (QED) is 0.504. The van der Waals surface area contributed by atoms with Gasteiger partial charge in [0.1, 0.15) is 5.82 Å². The Balaban J connectivity index is 1.49. The van der Waals surface area contributed by atoms with Gasteiger partial charge in [0.15, 0.2) is 11.5 Å². The fraction of sp³-hybridized carbons (Fsp3) is 0.429. The van der Waals surface area contributed by atoms with E-state index in [2.05, 4.69) is 4.90 Å². The van der Waals surface area contributed by atoms with E-state index in [0.29, 0.717) is 97.5 Å².